The highest BCUT2D eigenvalue weighted by atomic mass is 16.5. The highest BCUT2D eigenvalue weighted by Crippen LogP contribution is 2.24. The van der Waals surface area contributed by atoms with Gasteiger partial charge in [-0.2, -0.15) is 0 Å². The van der Waals surface area contributed by atoms with E-state index in [9.17, 15) is 9.59 Å². The molecule has 0 saturated heterocycles. The molecule has 0 aliphatic carbocycles. The number of nitrogens with zero attached hydrogens (tertiary/aromatic N) is 1. The summed E-state index contributed by atoms with van der Waals surface area (Å²) < 4.78 is 5.96. The van der Waals surface area contributed by atoms with Crippen LogP contribution in [-0.2, 0) is 4.79 Å². The maximum Gasteiger partial charge on any atom is 0.267 e. The van der Waals surface area contributed by atoms with Crippen molar-refractivity contribution in [1.82, 2.24) is 4.90 Å². The lowest BCUT2D eigenvalue weighted by atomic mass is 10.0. The molecule has 0 radical (unpaired) electrons. The molecule has 4 nitrogen and oxygen atoms in total. The maximum atomic E-state index is 12.6. The highest BCUT2D eigenvalue weighted by molar-refractivity contribution is 6.09. The first kappa shape index (κ1) is 18.4. The van der Waals surface area contributed by atoms with Gasteiger partial charge in [-0.3, -0.25) is 9.59 Å². The second-order valence-electron chi connectivity index (χ2n) is 6.36. The maximum absolute atomic E-state index is 12.6. The molecule has 0 aliphatic heterocycles. The number of hydrogen-bond donors (Lipinski definition) is 0. The number of likely N-dealkylation sites (N-methyl/N-ethyl adjacent to an activating group) is 1. The van der Waals surface area contributed by atoms with Crippen LogP contribution in [0.1, 0.15) is 27.6 Å². The minimum Gasteiger partial charge on any atom is -0.476 e. The summed E-state index contributed by atoms with van der Waals surface area (Å²) in [5.74, 6) is 0.334. The van der Waals surface area contributed by atoms with Crippen LogP contribution in [0.25, 0.3) is 0 Å². The molecule has 3 aromatic rings. The highest BCUT2D eigenvalue weighted by Gasteiger charge is 2.24. The van der Waals surface area contributed by atoms with Gasteiger partial charge in [-0.15, -0.1) is 0 Å². The van der Waals surface area contributed by atoms with Crippen molar-refractivity contribution < 1.29 is 14.3 Å². The zero-order chi connectivity index (χ0) is 19.2. The van der Waals surface area contributed by atoms with E-state index in [0.29, 0.717) is 16.9 Å². The number of amides is 1. The number of hydrogen-bond acceptors (Lipinski definition) is 3. The van der Waals surface area contributed by atoms with E-state index in [1.165, 1.54) is 4.90 Å². The molecule has 0 heterocycles. The predicted molar refractivity (Wildman–Crippen MR) is 105 cm³/mol. The number of carbonyl (C=O) groups is 2. The van der Waals surface area contributed by atoms with Crippen LogP contribution >= 0.6 is 0 Å². The third kappa shape index (κ3) is 4.42. The molecular weight excluding hydrogens is 338 g/mol. The van der Waals surface area contributed by atoms with E-state index >= 15 is 0 Å². The SMILES string of the molecule is CN(C)C(=O)[C@@H](Oc1ccc(C(=O)c2ccccc2)cc1)c1ccccc1. The molecule has 0 aliphatic rings. The minimum absolute atomic E-state index is 0.0499. The first-order chi connectivity index (χ1) is 13.1. The van der Waals surface area contributed by atoms with Crippen LogP contribution in [0.4, 0.5) is 0 Å². The quantitative estimate of drug-likeness (QED) is 0.622. The van der Waals surface area contributed by atoms with Crippen LogP contribution in [0.5, 0.6) is 5.75 Å². The van der Waals surface area contributed by atoms with Gasteiger partial charge in [0, 0.05) is 30.8 Å². The molecule has 3 rings (SSSR count). The zero-order valence-electron chi connectivity index (χ0n) is 15.3. The molecule has 0 spiro atoms. The Morgan fingerprint density at radius 2 is 1.26 bits per heavy atom. The van der Waals surface area contributed by atoms with E-state index in [1.807, 2.05) is 48.5 Å². The number of benzene rings is 3. The second kappa shape index (κ2) is 8.32. The summed E-state index contributed by atoms with van der Waals surface area (Å²) in [5, 5.41) is 0. The van der Waals surface area contributed by atoms with Crippen LogP contribution < -0.4 is 4.74 Å². The lowest BCUT2D eigenvalue weighted by Crippen LogP contribution is -2.31. The standard InChI is InChI=1S/C23H21NO3/c1-24(2)23(26)22(19-11-7-4-8-12-19)27-20-15-13-18(14-16-20)21(25)17-9-5-3-6-10-17/h3-16,22H,1-2H3/t22-/m0/s1. The Morgan fingerprint density at radius 3 is 1.81 bits per heavy atom. The second-order valence-corrected chi connectivity index (χ2v) is 6.36. The van der Waals surface area contributed by atoms with E-state index < -0.39 is 6.10 Å². The van der Waals surface area contributed by atoms with Gasteiger partial charge in [-0.25, -0.2) is 0 Å². The third-order valence-electron chi connectivity index (χ3n) is 4.17. The first-order valence-electron chi connectivity index (χ1n) is 8.69. The molecular formula is C23H21NO3. The lowest BCUT2D eigenvalue weighted by Gasteiger charge is -2.22. The molecule has 0 N–H and O–H groups in total. The third-order valence-corrected chi connectivity index (χ3v) is 4.17. The Kier molecular flexibility index (Phi) is 5.67. The molecule has 0 unspecified atom stereocenters. The van der Waals surface area contributed by atoms with Gasteiger partial charge in [0.05, 0.1) is 0 Å². The average Bonchev–Trinajstić information content (AvgIpc) is 2.72. The van der Waals surface area contributed by atoms with Crippen molar-refractivity contribution in [2.75, 3.05) is 14.1 Å². The number of ether oxygens (including phenoxy) is 1. The summed E-state index contributed by atoms with van der Waals surface area (Å²) in [5.41, 5.74) is 1.99. The Balaban J connectivity index is 1.81. The molecule has 0 saturated carbocycles. The number of rotatable bonds is 6. The molecule has 136 valence electrons. The van der Waals surface area contributed by atoms with Gasteiger partial charge in [0.1, 0.15) is 5.75 Å². The largest absolute Gasteiger partial charge is 0.476 e. The van der Waals surface area contributed by atoms with Crippen molar-refractivity contribution in [2.45, 2.75) is 6.10 Å². The van der Waals surface area contributed by atoms with Crippen LogP contribution in [0, 0.1) is 0 Å². The van der Waals surface area contributed by atoms with Gasteiger partial charge in [0.2, 0.25) is 6.10 Å². The summed E-state index contributed by atoms with van der Waals surface area (Å²) in [6, 6.07) is 25.3. The van der Waals surface area contributed by atoms with Gasteiger partial charge in [0.25, 0.3) is 5.91 Å². The van der Waals surface area contributed by atoms with Crippen molar-refractivity contribution in [2.24, 2.45) is 0 Å². The fraction of sp³-hybridized carbons (Fsp3) is 0.130. The van der Waals surface area contributed by atoms with E-state index in [1.54, 1.807) is 50.5 Å². The van der Waals surface area contributed by atoms with Gasteiger partial charge in [-0.1, -0.05) is 60.7 Å². The van der Waals surface area contributed by atoms with Crippen molar-refractivity contribution in [1.29, 1.82) is 0 Å². The van der Waals surface area contributed by atoms with Crippen molar-refractivity contribution in [3.8, 4) is 5.75 Å². The molecule has 0 fully saturated rings. The van der Waals surface area contributed by atoms with Gasteiger partial charge in [-0.05, 0) is 24.3 Å². The van der Waals surface area contributed by atoms with Crippen LogP contribution in [0.3, 0.4) is 0 Å². The Morgan fingerprint density at radius 1 is 0.741 bits per heavy atom. The van der Waals surface area contributed by atoms with Gasteiger partial charge < -0.3 is 9.64 Å². The molecule has 1 amide bonds. The zero-order valence-corrected chi connectivity index (χ0v) is 15.3. The normalized spacial score (nSPS) is 11.5. The minimum atomic E-state index is -0.739. The topological polar surface area (TPSA) is 46.6 Å². The van der Waals surface area contributed by atoms with Crippen LogP contribution in [0.15, 0.2) is 84.9 Å². The first-order valence-corrected chi connectivity index (χ1v) is 8.69. The molecule has 0 aromatic heterocycles. The Labute approximate surface area is 159 Å². The number of carbonyl (C=O) groups excluding carboxylic acids is 2. The van der Waals surface area contributed by atoms with Gasteiger partial charge in [0.15, 0.2) is 5.78 Å². The van der Waals surface area contributed by atoms with E-state index in [2.05, 4.69) is 0 Å². The monoisotopic (exact) mass is 359 g/mol. The molecule has 27 heavy (non-hydrogen) atoms. The summed E-state index contributed by atoms with van der Waals surface area (Å²) >= 11 is 0. The predicted octanol–water partition coefficient (Wildman–Crippen LogP) is 4.13. The van der Waals surface area contributed by atoms with E-state index in [0.717, 1.165) is 5.56 Å². The van der Waals surface area contributed by atoms with E-state index in [4.69, 9.17) is 4.74 Å². The fourth-order valence-corrected chi connectivity index (χ4v) is 2.70. The number of ketones is 1. The Bertz CT molecular complexity index is 903. The van der Waals surface area contributed by atoms with Crippen molar-refractivity contribution in [3.05, 3.63) is 102 Å². The lowest BCUT2D eigenvalue weighted by molar-refractivity contribution is -0.136. The molecule has 0 bridgehead atoms. The van der Waals surface area contributed by atoms with Gasteiger partial charge >= 0.3 is 0 Å². The smallest absolute Gasteiger partial charge is 0.267 e. The summed E-state index contributed by atoms with van der Waals surface area (Å²) in [6.45, 7) is 0. The van der Waals surface area contributed by atoms with Crippen molar-refractivity contribution >= 4 is 11.7 Å². The summed E-state index contributed by atoms with van der Waals surface area (Å²) in [7, 11) is 3.40. The molecule has 4 heteroatoms. The van der Waals surface area contributed by atoms with Crippen LogP contribution in [-0.4, -0.2) is 30.7 Å². The summed E-state index contributed by atoms with van der Waals surface area (Å²) in [4.78, 5) is 26.6. The fourth-order valence-electron chi connectivity index (χ4n) is 2.70. The molecule has 3 aromatic carbocycles. The van der Waals surface area contributed by atoms with Crippen molar-refractivity contribution in [3.63, 3.8) is 0 Å². The Hall–Kier alpha value is -3.40. The average molecular weight is 359 g/mol. The molecule has 1 atom stereocenters. The van der Waals surface area contributed by atoms with E-state index in [-0.39, 0.29) is 11.7 Å². The van der Waals surface area contributed by atoms with Crippen LogP contribution in [0.2, 0.25) is 0 Å². The summed E-state index contributed by atoms with van der Waals surface area (Å²) in [6.07, 6.45) is -0.739.